The first-order valence-corrected chi connectivity index (χ1v) is 8.74. The van der Waals surface area contributed by atoms with E-state index < -0.39 is 18.6 Å². The zero-order valence-electron chi connectivity index (χ0n) is 14.8. The summed E-state index contributed by atoms with van der Waals surface area (Å²) in [6, 6.07) is 13.5. The van der Waals surface area contributed by atoms with Gasteiger partial charge in [-0.3, -0.25) is 4.90 Å². The van der Waals surface area contributed by atoms with Crippen molar-refractivity contribution in [2.45, 2.75) is 25.1 Å². The van der Waals surface area contributed by atoms with Gasteiger partial charge in [0.25, 0.3) is 0 Å². The number of nitrogens with one attached hydrogen (secondary N) is 1. The summed E-state index contributed by atoms with van der Waals surface area (Å²) in [4.78, 5) is 1.97. The minimum absolute atomic E-state index is 0. The molecule has 0 radical (unpaired) electrons. The van der Waals surface area contributed by atoms with Crippen molar-refractivity contribution in [1.29, 1.82) is 0 Å². The number of alkyl halides is 3. The van der Waals surface area contributed by atoms with Gasteiger partial charge in [-0.05, 0) is 34.2 Å². The van der Waals surface area contributed by atoms with Crippen molar-refractivity contribution in [3.05, 3.63) is 59.2 Å². The Labute approximate surface area is 170 Å². The van der Waals surface area contributed by atoms with Gasteiger partial charge in [-0.15, -0.1) is 24.8 Å². The van der Waals surface area contributed by atoms with E-state index in [1.807, 2.05) is 35.2 Å². The zero-order chi connectivity index (χ0) is 17.4. The Hall–Kier alpha value is -1.27. The standard InChI is InChI=1S/C20H21F3N2.2ClH/c21-20(22,23)13-19(25-9-7-24-8-10-25)15-5-6-18-16(12-15)11-14-3-1-2-4-17(14)18;;/h1-6,12,19,24H,7-11,13H2;2*1H/t19-;;/m1../s1. The molecule has 4 rings (SSSR count). The summed E-state index contributed by atoms with van der Waals surface area (Å²) in [5.74, 6) is 0. The molecule has 2 nitrogen and oxygen atoms in total. The van der Waals surface area contributed by atoms with E-state index in [0.717, 1.165) is 36.2 Å². The van der Waals surface area contributed by atoms with E-state index >= 15 is 0 Å². The fraction of sp³-hybridized carbons (Fsp3) is 0.400. The molecule has 27 heavy (non-hydrogen) atoms. The van der Waals surface area contributed by atoms with E-state index in [1.165, 1.54) is 11.1 Å². The maximum Gasteiger partial charge on any atom is 0.390 e. The SMILES string of the molecule is Cl.Cl.FC(F)(F)C[C@H](c1ccc2c(c1)Cc1ccccc1-2)N1CCNCC1. The maximum atomic E-state index is 13.2. The highest BCUT2D eigenvalue weighted by molar-refractivity contribution is 5.85. The Kier molecular flexibility index (Phi) is 7.20. The van der Waals surface area contributed by atoms with Gasteiger partial charge < -0.3 is 5.32 Å². The van der Waals surface area contributed by atoms with Gasteiger partial charge in [-0.1, -0.05) is 42.5 Å². The summed E-state index contributed by atoms with van der Waals surface area (Å²) in [5, 5.41) is 3.21. The number of benzene rings is 2. The van der Waals surface area contributed by atoms with E-state index in [9.17, 15) is 13.2 Å². The molecular weight excluding hydrogens is 396 g/mol. The third kappa shape index (κ3) is 4.77. The Morgan fingerprint density at radius 2 is 1.59 bits per heavy atom. The number of piperazine rings is 1. The first-order chi connectivity index (χ1) is 12.0. The fourth-order valence-electron chi connectivity index (χ4n) is 4.04. The van der Waals surface area contributed by atoms with Crippen LogP contribution in [0, 0.1) is 0 Å². The number of rotatable bonds is 3. The molecule has 0 amide bonds. The second kappa shape index (κ2) is 8.82. The topological polar surface area (TPSA) is 15.3 Å². The molecule has 148 valence electrons. The first kappa shape index (κ1) is 22.0. The monoisotopic (exact) mass is 418 g/mol. The van der Waals surface area contributed by atoms with Gasteiger partial charge in [0.05, 0.1) is 6.42 Å². The Bertz CT molecular complexity index is 774. The van der Waals surface area contributed by atoms with Crippen LogP contribution in [0.2, 0.25) is 0 Å². The molecule has 1 atom stereocenters. The second-order valence-electron chi connectivity index (χ2n) is 6.87. The van der Waals surface area contributed by atoms with Crippen LogP contribution in [0.3, 0.4) is 0 Å². The first-order valence-electron chi connectivity index (χ1n) is 8.74. The normalized spacial score (nSPS) is 17.3. The number of nitrogens with zero attached hydrogens (tertiary/aromatic N) is 1. The molecule has 1 fully saturated rings. The summed E-state index contributed by atoms with van der Waals surface area (Å²) >= 11 is 0. The number of fused-ring (bicyclic) bond motifs is 3. The molecule has 1 N–H and O–H groups in total. The lowest BCUT2D eigenvalue weighted by molar-refractivity contribution is -0.148. The van der Waals surface area contributed by atoms with E-state index in [2.05, 4.69) is 17.4 Å². The molecule has 7 heteroatoms. The molecule has 1 heterocycles. The van der Waals surface area contributed by atoms with Crippen LogP contribution in [0.15, 0.2) is 42.5 Å². The molecule has 0 aromatic heterocycles. The minimum atomic E-state index is -4.17. The van der Waals surface area contributed by atoms with Gasteiger partial charge in [-0.2, -0.15) is 13.2 Å². The highest BCUT2D eigenvalue weighted by atomic mass is 35.5. The van der Waals surface area contributed by atoms with Crippen molar-refractivity contribution in [2.24, 2.45) is 0 Å². The quantitative estimate of drug-likeness (QED) is 0.643. The summed E-state index contributed by atoms with van der Waals surface area (Å²) < 4.78 is 39.6. The van der Waals surface area contributed by atoms with Crippen LogP contribution in [0.4, 0.5) is 13.2 Å². The molecular formula is C20H23Cl2F3N2. The van der Waals surface area contributed by atoms with Crippen LogP contribution in [-0.4, -0.2) is 37.3 Å². The molecule has 2 aromatic rings. The molecule has 2 aromatic carbocycles. The maximum absolute atomic E-state index is 13.2. The highest BCUT2D eigenvalue weighted by Crippen LogP contribution is 2.40. The Balaban J connectivity index is 0.00000131. The van der Waals surface area contributed by atoms with Crippen LogP contribution in [-0.2, 0) is 6.42 Å². The molecule has 2 aliphatic rings. The summed E-state index contributed by atoms with van der Waals surface area (Å²) in [5.41, 5.74) is 5.54. The zero-order valence-corrected chi connectivity index (χ0v) is 16.4. The van der Waals surface area contributed by atoms with Gasteiger partial charge in [0.2, 0.25) is 0 Å². The van der Waals surface area contributed by atoms with Gasteiger partial charge >= 0.3 is 6.18 Å². The molecule has 0 bridgehead atoms. The van der Waals surface area contributed by atoms with Crippen LogP contribution < -0.4 is 5.32 Å². The van der Waals surface area contributed by atoms with E-state index in [4.69, 9.17) is 0 Å². The predicted octanol–water partition coefficient (Wildman–Crippen LogP) is 5.00. The third-order valence-corrected chi connectivity index (χ3v) is 5.22. The van der Waals surface area contributed by atoms with Gasteiger partial charge in [0.15, 0.2) is 0 Å². The van der Waals surface area contributed by atoms with Crippen LogP contribution in [0.1, 0.15) is 29.2 Å². The number of hydrogen-bond donors (Lipinski definition) is 1. The van der Waals surface area contributed by atoms with Crippen molar-refractivity contribution in [3.8, 4) is 11.1 Å². The van der Waals surface area contributed by atoms with E-state index in [-0.39, 0.29) is 24.8 Å². The smallest absolute Gasteiger partial charge is 0.314 e. The molecule has 1 aliphatic carbocycles. The van der Waals surface area contributed by atoms with Crippen molar-refractivity contribution in [3.63, 3.8) is 0 Å². The van der Waals surface area contributed by atoms with Gasteiger partial charge in [0.1, 0.15) is 0 Å². The van der Waals surface area contributed by atoms with Crippen molar-refractivity contribution >= 4 is 24.8 Å². The minimum Gasteiger partial charge on any atom is -0.314 e. The average Bonchev–Trinajstić information content (AvgIpc) is 2.97. The third-order valence-electron chi connectivity index (χ3n) is 5.22. The van der Waals surface area contributed by atoms with Gasteiger partial charge in [0, 0.05) is 32.2 Å². The number of halogens is 5. The largest absolute Gasteiger partial charge is 0.390 e. The average molecular weight is 419 g/mol. The number of hydrogen-bond acceptors (Lipinski definition) is 2. The Morgan fingerprint density at radius 1 is 0.926 bits per heavy atom. The van der Waals surface area contributed by atoms with E-state index in [0.29, 0.717) is 13.1 Å². The van der Waals surface area contributed by atoms with E-state index in [1.54, 1.807) is 0 Å². The lowest BCUT2D eigenvalue weighted by Gasteiger charge is -2.36. The van der Waals surface area contributed by atoms with Crippen LogP contribution in [0.5, 0.6) is 0 Å². The predicted molar refractivity (Wildman–Crippen MR) is 107 cm³/mol. The summed E-state index contributed by atoms with van der Waals surface area (Å²) in [7, 11) is 0. The van der Waals surface area contributed by atoms with Crippen molar-refractivity contribution in [2.75, 3.05) is 26.2 Å². The Morgan fingerprint density at radius 3 is 2.30 bits per heavy atom. The fourth-order valence-corrected chi connectivity index (χ4v) is 4.04. The highest BCUT2D eigenvalue weighted by Gasteiger charge is 2.36. The molecule has 1 aliphatic heterocycles. The van der Waals surface area contributed by atoms with Crippen LogP contribution in [0.25, 0.3) is 11.1 Å². The lowest BCUT2D eigenvalue weighted by Crippen LogP contribution is -2.46. The summed E-state index contributed by atoms with van der Waals surface area (Å²) in [6.07, 6.45) is -4.16. The molecule has 0 spiro atoms. The molecule has 0 unspecified atom stereocenters. The summed E-state index contributed by atoms with van der Waals surface area (Å²) in [6.45, 7) is 2.78. The molecule has 1 saturated heterocycles. The second-order valence-corrected chi connectivity index (χ2v) is 6.87. The van der Waals surface area contributed by atoms with Gasteiger partial charge in [-0.25, -0.2) is 0 Å². The van der Waals surface area contributed by atoms with Crippen LogP contribution >= 0.6 is 24.8 Å². The molecule has 0 saturated carbocycles. The van der Waals surface area contributed by atoms with Crippen molar-refractivity contribution < 1.29 is 13.2 Å². The van der Waals surface area contributed by atoms with Crippen molar-refractivity contribution in [1.82, 2.24) is 10.2 Å². The lowest BCUT2D eigenvalue weighted by atomic mass is 9.96.